The first-order valence-electron chi connectivity index (χ1n) is 6.83. The molecule has 1 aromatic carbocycles. The highest BCUT2D eigenvalue weighted by molar-refractivity contribution is 9.11. The predicted molar refractivity (Wildman–Crippen MR) is 91.2 cm³/mol. The van der Waals surface area contributed by atoms with Gasteiger partial charge < -0.3 is 5.73 Å². The van der Waals surface area contributed by atoms with Gasteiger partial charge in [0.05, 0.1) is 9.83 Å². The SMILES string of the molecule is CC(N)C(c1ccc(Br)s1)N(C)CCc1ccccc1. The maximum atomic E-state index is 6.20. The van der Waals surface area contributed by atoms with Crippen molar-refractivity contribution in [3.05, 3.63) is 56.7 Å². The Bertz CT molecular complexity index is 524. The van der Waals surface area contributed by atoms with Gasteiger partial charge in [-0.1, -0.05) is 30.3 Å². The topological polar surface area (TPSA) is 29.3 Å². The highest BCUT2D eigenvalue weighted by Crippen LogP contribution is 2.31. The van der Waals surface area contributed by atoms with Crippen molar-refractivity contribution < 1.29 is 0 Å². The standard InChI is InChI=1S/C16H21BrN2S/c1-12(18)16(14-8-9-15(17)20-14)19(2)11-10-13-6-4-3-5-7-13/h3-9,12,16H,10-11,18H2,1-2H3. The highest BCUT2D eigenvalue weighted by Gasteiger charge is 2.22. The third kappa shape index (κ3) is 4.16. The van der Waals surface area contributed by atoms with E-state index in [-0.39, 0.29) is 12.1 Å². The van der Waals surface area contributed by atoms with Gasteiger partial charge in [0, 0.05) is 17.5 Å². The van der Waals surface area contributed by atoms with Crippen molar-refractivity contribution in [2.75, 3.05) is 13.6 Å². The number of nitrogens with zero attached hydrogens (tertiary/aromatic N) is 1. The highest BCUT2D eigenvalue weighted by atomic mass is 79.9. The first kappa shape index (κ1) is 15.7. The molecule has 1 aromatic heterocycles. The zero-order valence-electron chi connectivity index (χ0n) is 11.9. The third-order valence-corrected chi connectivity index (χ3v) is 5.15. The van der Waals surface area contributed by atoms with Crippen molar-refractivity contribution in [3.8, 4) is 0 Å². The number of hydrogen-bond donors (Lipinski definition) is 1. The average molecular weight is 353 g/mol. The Hall–Kier alpha value is -0.680. The molecule has 2 nitrogen and oxygen atoms in total. The minimum absolute atomic E-state index is 0.112. The molecule has 2 atom stereocenters. The summed E-state index contributed by atoms with van der Waals surface area (Å²) in [6, 6.07) is 15.2. The Morgan fingerprint density at radius 2 is 1.90 bits per heavy atom. The number of benzene rings is 1. The summed E-state index contributed by atoms with van der Waals surface area (Å²) in [5, 5.41) is 0. The summed E-state index contributed by atoms with van der Waals surface area (Å²) in [5.41, 5.74) is 7.57. The summed E-state index contributed by atoms with van der Waals surface area (Å²) in [7, 11) is 2.16. The van der Waals surface area contributed by atoms with Gasteiger partial charge in [-0.3, -0.25) is 4.90 Å². The molecule has 0 aliphatic rings. The van der Waals surface area contributed by atoms with E-state index in [9.17, 15) is 0 Å². The molecular weight excluding hydrogens is 332 g/mol. The lowest BCUT2D eigenvalue weighted by Gasteiger charge is -2.30. The van der Waals surface area contributed by atoms with Crippen molar-refractivity contribution in [1.82, 2.24) is 4.90 Å². The molecule has 2 N–H and O–H groups in total. The van der Waals surface area contributed by atoms with Crippen LogP contribution in [0.4, 0.5) is 0 Å². The van der Waals surface area contributed by atoms with Crippen LogP contribution in [0.3, 0.4) is 0 Å². The van der Waals surface area contributed by atoms with Gasteiger partial charge in [-0.25, -0.2) is 0 Å². The minimum Gasteiger partial charge on any atom is -0.326 e. The second-order valence-corrected chi connectivity index (χ2v) is 7.66. The van der Waals surface area contributed by atoms with E-state index in [4.69, 9.17) is 5.73 Å². The van der Waals surface area contributed by atoms with Gasteiger partial charge in [-0.15, -0.1) is 11.3 Å². The monoisotopic (exact) mass is 352 g/mol. The van der Waals surface area contributed by atoms with Crippen LogP contribution < -0.4 is 5.73 Å². The van der Waals surface area contributed by atoms with Crippen molar-refractivity contribution in [3.63, 3.8) is 0 Å². The van der Waals surface area contributed by atoms with Gasteiger partial charge in [0.2, 0.25) is 0 Å². The van der Waals surface area contributed by atoms with Crippen molar-refractivity contribution >= 4 is 27.3 Å². The van der Waals surface area contributed by atoms with E-state index < -0.39 is 0 Å². The first-order valence-corrected chi connectivity index (χ1v) is 8.44. The zero-order valence-corrected chi connectivity index (χ0v) is 14.3. The van der Waals surface area contributed by atoms with E-state index >= 15 is 0 Å². The molecule has 0 aliphatic carbocycles. The van der Waals surface area contributed by atoms with E-state index in [0.717, 1.165) is 16.8 Å². The van der Waals surface area contributed by atoms with Crippen molar-refractivity contribution in [1.29, 1.82) is 0 Å². The molecule has 2 unspecified atom stereocenters. The normalized spacial score (nSPS) is 14.4. The Balaban J connectivity index is 2.02. The zero-order chi connectivity index (χ0) is 14.5. The number of halogens is 1. The van der Waals surface area contributed by atoms with Gasteiger partial charge in [-0.2, -0.15) is 0 Å². The molecule has 0 saturated carbocycles. The fourth-order valence-electron chi connectivity index (χ4n) is 2.45. The Labute approximate surface area is 133 Å². The van der Waals surface area contributed by atoms with E-state index in [1.165, 1.54) is 10.4 Å². The van der Waals surface area contributed by atoms with Crippen LogP contribution in [0.25, 0.3) is 0 Å². The average Bonchev–Trinajstić information content (AvgIpc) is 2.83. The number of nitrogens with two attached hydrogens (primary N) is 1. The molecule has 0 aliphatic heterocycles. The summed E-state index contributed by atoms with van der Waals surface area (Å²) >= 11 is 5.30. The molecule has 0 bridgehead atoms. The molecular formula is C16H21BrN2S. The van der Waals surface area contributed by atoms with Gasteiger partial charge in [0.1, 0.15) is 0 Å². The maximum absolute atomic E-state index is 6.20. The van der Waals surface area contributed by atoms with Crippen LogP contribution in [-0.4, -0.2) is 24.5 Å². The van der Waals surface area contributed by atoms with Crippen LogP contribution >= 0.6 is 27.3 Å². The number of likely N-dealkylation sites (N-methyl/N-ethyl adjacent to an activating group) is 1. The molecule has 2 aromatic rings. The van der Waals surface area contributed by atoms with Crippen molar-refractivity contribution in [2.24, 2.45) is 5.73 Å². The van der Waals surface area contributed by atoms with Gasteiger partial charge in [-0.05, 0) is 54.0 Å². The van der Waals surface area contributed by atoms with Crippen LogP contribution in [0.1, 0.15) is 23.4 Å². The second-order valence-electron chi connectivity index (χ2n) is 5.16. The molecule has 0 spiro atoms. The van der Waals surface area contributed by atoms with Crippen LogP contribution in [0.15, 0.2) is 46.3 Å². The number of thiophene rings is 1. The van der Waals surface area contributed by atoms with Gasteiger partial charge >= 0.3 is 0 Å². The van der Waals surface area contributed by atoms with Gasteiger partial charge in [0.25, 0.3) is 0 Å². The van der Waals surface area contributed by atoms with Gasteiger partial charge in [0.15, 0.2) is 0 Å². The molecule has 0 fully saturated rings. The lowest BCUT2D eigenvalue weighted by Crippen LogP contribution is -2.37. The fraction of sp³-hybridized carbons (Fsp3) is 0.375. The fourth-order valence-corrected chi connectivity index (χ4v) is 4.16. The predicted octanol–water partition coefficient (Wildman–Crippen LogP) is 4.07. The van der Waals surface area contributed by atoms with Crippen molar-refractivity contribution in [2.45, 2.75) is 25.4 Å². The van der Waals surface area contributed by atoms with Crippen LogP contribution in [-0.2, 0) is 6.42 Å². The van der Waals surface area contributed by atoms with Crippen LogP contribution in [0, 0.1) is 0 Å². The molecule has 1 heterocycles. The largest absolute Gasteiger partial charge is 0.326 e. The van der Waals surface area contributed by atoms with E-state index in [1.54, 1.807) is 11.3 Å². The Morgan fingerprint density at radius 3 is 2.45 bits per heavy atom. The molecule has 2 rings (SSSR count). The minimum atomic E-state index is 0.112. The Kier molecular flexibility index (Phi) is 5.78. The summed E-state index contributed by atoms with van der Waals surface area (Å²) in [6.45, 7) is 3.09. The van der Waals surface area contributed by atoms with E-state index in [0.29, 0.717) is 0 Å². The molecule has 0 amide bonds. The smallest absolute Gasteiger partial charge is 0.0702 e. The van der Waals surface area contributed by atoms with E-state index in [2.05, 4.69) is 77.3 Å². The third-order valence-electron chi connectivity index (χ3n) is 3.45. The summed E-state index contributed by atoms with van der Waals surface area (Å²) in [5.74, 6) is 0. The maximum Gasteiger partial charge on any atom is 0.0702 e. The Morgan fingerprint density at radius 1 is 1.20 bits per heavy atom. The van der Waals surface area contributed by atoms with Crippen LogP contribution in [0.2, 0.25) is 0 Å². The van der Waals surface area contributed by atoms with Crippen LogP contribution in [0.5, 0.6) is 0 Å². The number of rotatable bonds is 6. The molecule has 20 heavy (non-hydrogen) atoms. The summed E-state index contributed by atoms with van der Waals surface area (Å²) in [4.78, 5) is 3.68. The van der Waals surface area contributed by atoms with E-state index in [1.807, 2.05) is 0 Å². The lowest BCUT2D eigenvalue weighted by molar-refractivity contribution is 0.225. The molecule has 108 valence electrons. The molecule has 0 saturated heterocycles. The number of hydrogen-bond acceptors (Lipinski definition) is 3. The molecule has 0 radical (unpaired) electrons. The lowest BCUT2D eigenvalue weighted by atomic mass is 10.1. The second kappa shape index (κ2) is 7.36. The summed E-state index contributed by atoms with van der Waals surface area (Å²) in [6.07, 6.45) is 1.05. The first-order chi connectivity index (χ1) is 9.58. The quantitative estimate of drug-likeness (QED) is 0.848. The summed E-state index contributed by atoms with van der Waals surface area (Å²) < 4.78 is 1.16. The molecule has 4 heteroatoms.